The summed E-state index contributed by atoms with van der Waals surface area (Å²) in [6.45, 7) is 1.48. The van der Waals surface area contributed by atoms with Crippen molar-refractivity contribution in [2.24, 2.45) is 0 Å². The van der Waals surface area contributed by atoms with Gasteiger partial charge in [0.15, 0.2) is 0 Å². The molecule has 180 valence electrons. The maximum atomic E-state index is 13.7. The Balaban J connectivity index is 1.67. The van der Waals surface area contributed by atoms with Gasteiger partial charge in [-0.2, -0.15) is 10.2 Å². The summed E-state index contributed by atoms with van der Waals surface area (Å²) in [6, 6.07) is 12.4. The van der Waals surface area contributed by atoms with Crippen molar-refractivity contribution in [3.05, 3.63) is 47.9 Å². The molecule has 2 heterocycles. The quantitative estimate of drug-likeness (QED) is 0.622. The molecular formula is C25H32N6O3. The number of ether oxygens (including phenoxy) is 2. The van der Waals surface area contributed by atoms with Crippen LogP contribution in [0.4, 0.5) is 10.5 Å². The Morgan fingerprint density at radius 1 is 1.15 bits per heavy atom. The fourth-order valence-corrected chi connectivity index (χ4v) is 5.55. The van der Waals surface area contributed by atoms with Gasteiger partial charge < -0.3 is 14.4 Å². The third kappa shape index (κ3) is 3.97. The van der Waals surface area contributed by atoms with E-state index in [9.17, 15) is 4.79 Å². The van der Waals surface area contributed by atoms with Crippen molar-refractivity contribution in [1.29, 1.82) is 5.26 Å². The smallest absolute Gasteiger partial charge is 0.325 e. The maximum absolute atomic E-state index is 13.7. The Labute approximate surface area is 200 Å². The summed E-state index contributed by atoms with van der Waals surface area (Å²) in [5, 5.41) is 9.15. The van der Waals surface area contributed by atoms with E-state index in [1.807, 2.05) is 17.0 Å². The number of anilines is 1. The van der Waals surface area contributed by atoms with Gasteiger partial charge in [0.25, 0.3) is 0 Å². The van der Waals surface area contributed by atoms with Crippen LogP contribution in [0.25, 0.3) is 0 Å². The lowest BCUT2D eigenvalue weighted by atomic mass is 9.68. The van der Waals surface area contributed by atoms with E-state index >= 15 is 0 Å². The minimum Gasteiger partial charge on any atom is -0.479 e. The molecule has 2 aromatic rings. The largest absolute Gasteiger partial charge is 0.479 e. The lowest BCUT2D eigenvalue weighted by Gasteiger charge is -2.51. The number of urea groups is 1. The molecule has 4 rings (SSSR count). The molecule has 1 aromatic carbocycles. The predicted octanol–water partition coefficient (Wildman–Crippen LogP) is 3.02. The van der Waals surface area contributed by atoms with Crippen LogP contribution in [-0.4, -0.2) is 79.3 Å². The Kier molecular flexibility index (Phi) is 6.73. The first-order valence-corrected chi connectivity index (χ1v) is 11.5. The second kappa shape index (κ2) is 9.57. The number of methoxy groups -OCH3 is 2. The Morgan fingerprint density at radius 3 is 2.44 bits per heavy atom. The molecule has 1 saturated heterocycles. The monoisotopic (exact) mass is 464 g/mol. The summed E-state index contributed by atoms with van der Waals surface area (Å²) in [5.41, 5.74) is 1.38. The highest BCUT2D eigenvalue weighted by molar-refractivity contribution is 5.96. The van der Waals surface area contributed by atoms with E-state index in [2.05, 4.69) is 53.2 Å². The zero-order valence-electron chi connectivity index (χ0n) is 20.3. The number of hydrogen-bond acceptors (Lipinski definition) is 7. The minimum atomic E-state index is -0.331. The molecule has 0 unspecified atom stereocenters. The third-order valence-corrected chi connectivity index (χ3v) is 7.50. The number of hydrogen-bond donors (Lipinski definition) is 0. The highest BCUT2D eigenvalue weighted by atomic mass is 16.5. The second-order valence-corrected chi connectivity index (χ2v) is 9.23. The molecule has 1 saturated carbocycles. The molecule has 2 amide bonds. The SMILES string of the molecule is COCCN1C(=O)N(c2cnc(C#N)nc2OC)C[C@]12CC[C@@](c1ccccc1)(N(C)C)CC2. The molecule has 9 heteroatoms. The third-order valence-electron chi connectivity index (χ3n) is 7.50. The summed E-state index contributed by atoms with van der Waals surface area (Å²) < 4.78 is 10.8. The number of carbonyl (C=O) groups excluding carboxylic acids is 1. The molecular weight excluding hydrogens is 432 g/mol. The van der Waals surface area contributed by atoms with E-state index < -0.39 is 0 Å². The van der Waals surface area contributed by atoms with Crippen molar-refractivity contribution < 1.29 is 14.3 Å². The van der Waals surface area contributed by atoms with Gasteiger partial charge in [0, 0.05) is 19.2 Å². The van der Waals surface area contributed by atoms with Crippen LogP contribution in [0.2, 0.25) is 0 Å². The van der Waals surface area contributed by atoms with Crippen LogP contribution in [0.5, 0.6) is 5.88 Å². The topological polar surface area (TPSA) is 94.8 Å². The Morgan fingerprint density at radius 2 is 1.85 bits per heavy atom. The van der Waals surface area contributed by atoms with Gasteiger partial charge >= 0.3 is 6.03 Å². The van der Waals surface area contributed by atoms with E-state index in [1.165, 1.54) is 18.9 Å². The molecule has 0 bridgehead atoms. The van der Waals surface area contributed by atoms with Crippen molar-refractivity contribution in [1.82, 2.24) is 19.8 Å². The maximum Gasteiger partial charge on any atom is 0.325 e. The van der Waals surface area contributed by atoms with Gasteiger partial charge in [-0.25, -0.2) is 9.78 Å². The molecule has 0 radical (unpaired) electrons. The van der Waals surface area contributed by atoms with Crippen molar-refractivity contribution in [2.75, 3.05) is 52.9 Å². The zero-order valence-corrected chi connectivity index (χ0v) is 20.3. The summed E-state index contributed by atoms with van der Waals surface area (Å²) in [6.07, 6.45) is 5.06. The normalized spacial score (nSPS) is 24.6. The summed E-state index contributed by atoms with van der Waals surface area (Å²) >= 11 is 0. The van der Waals surface area contributed by atoms with Gasteiger partial charge in [0.05, 0.1) is 32.0 Å². The molecule has 1 aliphatic heterocycles. The molecule has 2 fully saturated rings. The van der Waals surface area contributed by atoms with Crippen LogP contribution in [-0.2, 0) is 10.3 Å². The standard InChI is InChI=1S/C25H32N6O3/c1-29(2)25(19-8-6-5-7-9-19)12-10-24(11-13-25)18-30(23(32)31(24)14-15-33-3)20-17-27-21(16-26)28-22(20)34-4/h5-9,17H,10-15,18H2,1-4H3/t24-,25-. The van der Waals surface area contributed by atoms with Crippen molar-refractivity contribution in [2.45, 2.75) is 36.8 Å². The van der Waals surface area contributed by atoms with E-state index in [0.717, 1.165) is 25.7 Å². The van der Waals surface area contributed by atoms with Gasteiger partial charge in [-0.3, -0.25) is 9.80 Å². The number of nitrogens with zero attached hydrogens (tertiary/aromatic N) is 6. The number of rotatable bonds is 7. The lowest BCUT2D eigenvalue weighted by molar-refractivity contribution is 0.0189. The van der Waals surface area contributed by atoms with Crippen molar-refractivity contribution in [3.8, 4) is 11.9 Å². The number of benzene rings is 1. The molecule has 1 spiro atoms. The number of aromatic nitrogens is 2. The molecule has 2 aliphatic rings. The van der Waals surface area contributed by atoms with Crippen LogP contribution in [0.1, 0.15) is 37.1 Å². The first kappa shape index (κ1) is 23.9. The zero-order chi connectivity index (χ0) is 24.3. The average molecular weight is 465 g/mol. The van der Waals surface area contributed by atoms with Crippen molar-refractivity contribution in [3.63, 3.8) is 0 Å². The van der Waals surface area contributed by atoms with E-state index in [4.69, 9.17) is 14.7 Å². The number of carbonyl (C=O) groups is 1. The Bertz CT molecular complexity index is 1060. The Hall–Kier alpha value is -3.22. The molecule has 9 nitrogen and oxygen atoms in total. The van der Waals surface area contributed by atoms with E-state index in [0.29, 0.717) is 25.4 Å². The molecule has 1 aliphatic carbocycles. The van der Waals surface area contributed by atoms with Gasteiger partial charge in [-0.05, 0) is 45.3 Å². The van der Waals surface area contributed by atoms with Gasteiger partial charge in [0.1, 0.15) is 11.8 Å². The summed E-state index contributed by atoms with van der Waals surface area (Å²) in [7, 11) is 7.41. The first-order valence-electron chi connectivity index (χ1n) is 11.5. The van der Waals surface area contributed by atoms with E-state index in [1.54, 1.807) is 12.0 Å². The fourth-order valence-electron chi connectivity index (χ4n) is 5.55. The van der Waals surface area contributed by atoms with Crippen LogP contribution in [0, 0.1) is 11.3 Å². The molecule has 1 aromatic heterocycles. The van der Waals surface area contributed by atoms with Crippen LogP contribution in [0.3, 0.4) is 0 Å². The van der Waals surface area contributed by atoms with Crippen LogP contribution >= 0.6 is 0 Å². The van der Waals surface area contributed by atoms with Crippen LogP contribution in [0.15, 0.2) is 36.5 Å². The lowest BCUT2D eigenvalue weighted by Crippen LogP contribution is -2.56. The van der Waals surface area contributed by atoms with E-state index in [-0.39, 0.29) is 28.8 Å². The number of nitriles is 1. The minimum absolute atomic E-state index is 0.00879. The molecule has 0 N–H and O–H groups in total. The predicted molar refractivity (Wildman–Crippen MR) is 128 cm³/mol. The van der Waals surface area contributed by atoms with Gasteiger partial charge in [-0.1, -0.05) is 30.3 Å². The highest BCUT2D eigenvalue weighted by Crippen LogP contribution is 2.49. The van der Waals surface area contributed by atoms with Gasteiger partial charge in [-0.15, -0.1) is 0 Å². The van der Waals surface area contributed by atoms with Crippen molar-refractivity contribution >= 4 is 11.7 Å². The van der Waals surface area contributed by atoms with Crippen LogP contribution < -0.4 is 9.64 Å². The summed E-state index contributed by atoms with van der Waals surface area (Å²) in [5.74, 6) is 0.237. The molecule has 0 atom stereocenters. The fraction of sp³-hybridized carbons (Fsp3) is 0.520. The highest BCUT2D eigenvalue weighted by Gasteiger charge is 2.55. The first-order chi connectivity index (χ1) is 16.4. The molecule has 34 heavy (non-hydrogen) atoms. The average Bonchev–Trinajstić information content (AvgIpc) is 3.13. The second-order valence-electron chi connectivity index (χ2n) is 9.23. The summed E-state index contributed by atoms with van der Waals surface area (Å²) in [4.78, 5) is 27.9. The van der Waals surface area contributed by atoms with Gasteiger partial charge in [0.2, 0.25) is 11.7 Å². The number of amides is 2.